The minimum Gasteiger partial charge on any atom is -0.480 e. The number of pyridine rings is 2. The van der Waals surface area contributed by atoms with Crippen LogP contribution in [0.4, 0.5) is 0 Å². The smallest absolute Gasteiger partial charge is 0.320 e. The van der Waals surface area contributed by atoms with Crippen LogP contribution >= 0.6 is 23.4 Å². The molecule has 0 saturated carbocycles. The fourth-order valence-electron chi connectivity index (χ4n) is 2.94. The third-order valence-corrected chi connectivity index (χ3v) is 6.64. The highest BCUT2D eigenvalue weighted by Crippen LogP contribution is 2.42. The van der Waals surface area contributed by atoms with E-state index in [-0.39, 0.29) is 0 Å². The van der Waals surface area contributed by atoms with Crippen LogP contribution < -0.4 is 0 Å². The summed E-state index contributed by atoms with van der Waals surface area (Å²) in [7, 11) is 0. The molecule has 6 heteroatoms. The normalized spacial score (nSPS) is 11.7. The van der Waals surface area contributed by atoms with E-state index in [1.54, 1.807) is 18.6 Å². The highest BCUT2D eigenvalue weighted by atomic mass is 35.5. The van der Waals surface area contributed by atoms with Crippen molar-refractivity contribution >= 4 is 40.2 Å². The molecule has 0 bridgehead atoms. The molecule has 0 aliphatic carbocycles. The Labute approximate surface area is 161 Å². The number of halogens is 1. The molecule has 2 heterocycles. The fraction of sp³-hybridized carbons (Fsp3) is 0.250. The molecule has 1 aromatic carbocycles. The lowest BCUT2D eigenvalue weighted by Gasteiger charge is -2.26. The van der Waals surface area contributed by atoms with Crippen molar-refractivity contribution in [1.82, 2.24) is 9.97 Å². The Morgan fingerprint density at radius 2 is 1.96 bits per heavy atom. The second-order valence-electron chi connectivity index (χ2n) is 6.01. The maximum Gasteiger partial charge on any atom is 0.320 e. The molecule has 0 aliphatic rings. The monoisotopic (exact) mass is 386 g/mol. The highest BCUT2D eigenvalue weighted by Gasteiger charge is 2.36. The van der Waals surface area contributed by atoms with E-state index in [0.717, 1.165) is 26.9 Å². The van der Waals surface area contributed by atoms with E-state index >= 15 is 0 Å². The Morgan fingerprint density at radius 1 is 1.19 bits per heavy atom. The number of hydrogen-bond acceptors (Lipinski definition) is 4. The zero-order chi connectivity index (χ0) is 18.7. The third-order valence-electron chi connectivity index (χ3n) is 4.62. The van der Waals surface area contributed by atoms with Crippen LogP contribution in [0.3, 0.4) is 0 Å². The molecule has 0 atom stereocenters. The van der Waals surface area contributed by atoms with E-state index in [9.17, 15) is 9.90 Å². The molecule has 3 rings (SSSR count). The summed E-state index contributed by atoms with van der Waals surface area (Å²) < 4.78 is -0.849. The first kappa shape index (κ1) is 18.7. The van der Waals surface area contributed by atoms with E-state index in [1.807, 2.05) is 44.2 Å². The predicted octanol–water partition coefficient (Wildman–Crippen LogP) is 5.69. The molecule has 4 nitrogen and oxygen atoms in total. The van der Waals surface area contributed by atoms with Gasteiger partial charge < -0.3 is 5.11 Å². The van der Waals surface area contributed by atoms with Crippen molar-refractivity contribution in [3.05, 3.63) is 53.9 Å². The predicted molar refractivity (Wildman–Crippen MR) is 107 cm³/mol. The van der Waals surface area contributed by atoms with Crippen LogP contribution in [0.5, 0.6) is 0 Å². The van der Waals surface area contributed by atoms with Crippen LogP contribution in [0.1, 0.15) is 26.7 Å². The third kappa shape index (κ3) is 3.41. The largest absolute Gasteiger partial charge is 0.480 e. The van der Waals surface area contributed by atoms with Crippen LogP contribution in [0.15, 0.2) is 53.8 Å². The Balaban J connectivity index is 2.14. The first-order valence-electron chi connectivity index (χ1n) is 8.42. The summed E-state index contributed by atoms with van der Waals surface area (Å²) in [5.74, 6) is -0.786. The minimum atomic E-state index is -0.849. The molecule has 3 aromatic rings. The van der Waals surface area contributed by atoms with Gasteiger partial charge in [0.1, 0.15) is 4.75 Å². The van der Waals surface area contributed by atoms with Gasteiger partial charge in [0.2, 0.25) is 0 Å². The lowest BCUT2D eigenvalue weighted by atomic mass is 10.0. The fourth-order valence-corrected chi connectivity index (χ4v) is 4.37. The van der Waals surface area contributed by atoms with Gasteiger partial charge in [0.25, 0.3) is 0 Å². The van der Waals surface area contributed by atoms with Crippen molar-refractivity contribution in [2.75, 3.05) is 0 Å². The van der Waals surface area contributed by atoms with Gasteiger partial charge in [-0.3, -0.25) is 14.8 Å². The lowest BCUT2D eigenvalue weighted by Crippen LogP contribution is -2.33. The average Bonchev–Trinajstić information content (AvgIpc) is 2.66. The van der Waals surface area contributed by atoms with Crippen LogP contribution in [-0.4, -0.2) is 25.8 Å². The molecular formula is C20H19ClN2O2S. The summed E-state index contributed by atoms with van der Waals surface area (Å²) >= 11 is 7.68. The molecule has 2 aromatic heterocycles. The van der Waals surface area contributed by atoms with E-state index in [1.165, 1.54) is 11.8 Å². The van der Waals surface area contributed by atoms with Crippen LogP contribution in [0.25, 0.3) is 22.0 Å². The minimum absolute atomic E-state index is 0.545. The van der Waals surface area contributed by atoms with Gasteiger partial charge >= 0.3 is 5.97 Å². The number of aliphatic carboxylic acids is 1. The van der Waals surface area contributed by atoms with Crippen molar-refractivity contribution in [3.8, 4) is 11.1 Å². The molecule has 26 heavy (non-hydrogen) atoms. The summed E-state index contributed by atoms with van der Waals surface area (Å²) in [6.45, 7) is 3.83. The molecule has 0 radical (unpaired) electrons. The number of carbonyl (C=O) groups is 1. The zero-order valence-corrected chi connectivity index (χ0v) is 16.1. The van der Waals surface area contributed by atoms with Crippen molar-refractivity contribution in [2.45, 2.75) is 36.3 Å². The summed E-state index contributed by atoms with van der Waals surface area (Å²) in [5.41, 5.74) is 2.67. The van der Waals surface area contributed by atoms with E-state index < -0.39 is 10.7 Å². The SMILES string of the molecule is CCC(CC)(Sc1ccnc2ccc(-c3ccncc3Cl)cc12)C(=O)O. The zero-order valence-electron chi connectivity index (χ0n) is 14.6. The van der Waals surface area contributed by atoms with Crippen molar-refractivity contribution in [3.63, 3.8) is 0 Å². The van der Waals surface area contributed by atoms with Gasteiger partial charge in [-0.25, -0.2) is 0 Å². The maximum absolute atomic E-state index is 11.9. The molecule has 0 unspecified atom stereocenters. The van der Waals surface area contributed by atoms with Gasteiger partial charge in [-0.15, -0.1) is 11.8 Å². The summed E-state index contributed by atoms with van der Waals surface area (Å²) in [5, 5.41) is 11.3. The number of aromatic nitrogens is 2. The number of carboxylic acid groups (broad SMARTS) is 1. The topological polar surface area (TPSA) is 63.1 Å². The second kappa shape index (κ2) is 7.64. The molecule has 0 fully saturated rings. The Morgan fingerprint density at radius 3 is 2.62 bits per heavy atom. The number of hydrogen-bond donors (Lipinski definition) is 1. The number of nitrogens with zero attached hydrogens (tertiary/aromatic N) is 2. The average molecular weight is 387 g/mol. The van der Waals surface area contributed by atoms with E-state index in [0.29, 0.717) is 17.9 Å². The molecule has 0 aliphatic heterocycles. The standard InChI is InChI=1S/C20H19ClN2O2S/c1-3-20(4-2,19(24)25)26-18-8-10-23-17-6-5-13(11-15(17)18)14-7-9-22-12-16(14)21/h5-12H,3-4H2,1-2H3,(H,24,25). The molecular weight excluding hydrogens is 368 g/mol. The van der Waals surface area contributed by atoms with Crippen LogP contribution in [0.2, 0.25) is 5.02 Å². The summed E-state index contributed by atoms with van der Waals surface area (Å²) in [6, 6.07) is 9.67. The number of fused-ring (bicyclic) bond motifs is 1. The summed E-state index contributed by atoms with van der Waals surface area (Å²) in [4.78, 5) is 21.3. The molecule has 0 amide bonds. The van der Waals surface area contributed by atoms with Crippen LogP contribution in [0, 0.1) is 0 Å². The number of rotatable bonds is 6. The first-order chi connectivity index (χ1) is 12.5. The van der Waals surface area contributed by atoms with Gasteiger partial charge in [-0.05, 0) is 42.7 Å². The Kier molecular flexibility index (Phi) is 5.49. The number of benzene rings is 1. The van der Waals surface area contributed by atoms with Gasteiger partial charge in [0.15, 0.2) is 0 Å². The quantitative estimate of drug-likeness (QED) is 0.551. The lowest BCUT2D eigenvalue weighted by molar-refractivity contribution is -0.140. The van der Waals surface area contributed by atoms with Crippen molar-refractivity contribution in [2.24, 2.45) is 0 Å². The van der Waals surface area contributed by atoms with Crippen LogP contribution in [-0.2, 0) is 4.79 Å². The highest BCUT2D eigenvalue weighted by molar-refractivity contribution is 8.01. The van der Waals surface area contributed by atoms with Gasteiger partial charge in [-0.1, -0.05) is 31.5 Å². The van der Waals surface area contributed by atoms with Crippen molar-refractivity contribution in [1.29, 1.82) is 0 Å². The number of carboxylic acids is 1. The first-order valence-corrected chi connectivity index (χ1v) is 9.61. The molecule has 0 saturated heterocycles. The van der Waals surface area contributed by atoms with Crippen molar-refractivity contribution < 1.29 is 9.90 Å². The maximum atomic E-state index is 11.9. The van der Waals surface area contributed by atoms with E-state index in [2.05, 4.69) is 9.97 Å². The Hall–Kier alpha value is -2.11. The molecule has 1 N–H and O–H groups in total. The Bertz CT molecular complexity index is 957. The van der Waals surface area contributed by atoms with Gasteiger partial charge in [-0.2, -0.15) is 0 Å². The summed E-state index contributed by atoms with van der Waals surface area (Å²) in [6.07, 6.45) is 6.13. The van der Waals surface area contributed by atoms with Gasteiger partial charge in [0, 0.05) is 34.4 Å². The van der Waals surface area contributed by atoms with Gasteiger partial charge in [0.05, 0.1) is 10.5 Å². The molecule has 134 valence electrons. The van der Waals surface area contributed by atoms with E-state index in [4.69, 9.17) is 11.6 Å². The molecule has 0 spiro atoms. The second-order valence-corrected chi connectivity index (χ2v) is 7.84. The number of thioether (sulfide) groups is 1.